The van der Waals surface area contributed by atoms with E-state index in [1.807, 2.05) is 24.3 Å². The monoisotopic (exact) mass is 334 g/mol. The molecular weight excluding hydrogens is 316 g/mol. The highest BCUT2D eigenvalue weighted by Crippen LogP contribution is 2.28. The second-order valence-corrected chi connectivity index (χ2v) is 5.13. The maximum Gasteiger partial charge on any atom is 0.242 e. The smallest absolute Gasteiger partial charge is 0.242 e. The molecule has 0 aliphatic carbocycles. The zero-order valence-electron chi connectivity index (χ0n) is 12.8. The van der Waals surface area contributed by atoms with Crippen LogP contribution >= 0.6 is 12.4 Å². The molecule has 0 bridgehead atoms. The van der Waals surface area contributed by atoms with E-state index in [-0.39, 0.29) is 24.4 Å². The molecule has 1 aromatic carbocycles. The van der Waals surface area contributed by atoms with E-state index in [0.29, 0.717) is 11.5 Å². The van der Waals surface area contributed by atoms with E-state index in [9.17, 15) is 4.79 Å². The number of anilines is 1. The number of halogens is 1. The van der Waals surface area contributed by atoms with E-state index in [1.54, 1.807) is 13.2 Å². The van der Waals surface area contributed by atoms with Gasteiger partial charge in [-0.05, 0) is 31.5 Å². The predicted molar refractivity (Wildman–Crippen MR) is 90.9 cm³/mol. The van der Waals surface area contributed by atoms with Crippen LogP contribution in [-0.4, -0.2) is 35.6 Å². The second kappa shape index (κ2) is 7.89. The first-order valence-corrected chi connectivity index (χ1v) is 7.27. The number of hydrogen-bond donors (Lipinski definition) is 2. The third-order valence-corrected chi connectivity index (χ3v) is 3.68. The molecule has 0 radical (unpaired) electrons. The van der Waals surface area contributed by atoms with Gasteiger partial charge in [0.15, 0.2) is 0 Å². The SMILES string of the molecule is COc1ccccc1-c1cc(NC(=O)[C@@H]2CCCN2)ncn1.Cl. The van der Waals surface area contributed by atoms with Crippen LogP contribution in [0.5, 0.6) is 5.75 Å². The fourth-order valence-electron chi connectivity index (χ4n) is 2.55. The Morgan fingerprint density at radius 1 is 1.35 bits per heavy atom. The number of carbonyl (C=O) groups is 1. The van der Waals surface area contributed by atoms with Crippen molar-refractivity contribution in [2.45, 2.75) is 18.9 Å². The summed E-state index contributed by atoms with van der Waals surface area (Å²) in [5.41, 5.74) is 1.57. The van der Waals surface area contributed by atoms with Crippen molar-refractivity contribution in [2.24, 2.45) is 0 Å². The minimum Gasteiger partial charge on any atom is -0.496 e. The molecule has 1 atom stereocenters. The van der Waals surface area contributed by atoms with E-state index >= 15 is 0 Å². The summed E-state index contributed by atoms with van der Waals surface area (Å²) in [7, 11) is 1.62. The van der Waals surface area contributed by atoms with Crippen molar-refractivity contribution in [2.75, 3.05) is 19.0 Å². The molecular formula is C16H19ClN4O2. The van der Waals surface area contributed by atoms with Crippen LogP contribution in [0.15, 0.2) is 36.7 Å². The number of rotatable bonds is 4. The van der Waals surface area contributed by atoms with E-state index in [0.717, 1.165) is 30.7 Å². The molecule has 0 unspecified atom stereocenters. The molecule has 1 saturated heterocycles. The van der Waals surface area contributed by atoms with Gasteiger partial charge in [-0.3, -0.25) is 4.79 Å². The number of amides is 1. The first kappa shape index (κ1) is 17.2. The van der Waals surface area contributed by atoms with Crippen LogP contribution in [0, 0.1) is 0 Å². The number of aromatic nitrogens is 2. The number of para-hydroxylation sites is 1. The third-order valence-electron chi connectivity index (χ3n) is 3.68. The second-order valence-electron chi connectivity index (χ2n) is 5.13. The Bertz CT molecular complexity index is 675. The average Bonchev–Trinajstić information content (AvgIpc) is 3.10. The van der Waals surface area contributed by atoms with Crippen LogP contribution in [-0.2, 0) is 4.79 Å². The highest BCUT2D eigenvalue weighted by atomic mass is 35.5. The fourth-order valence-corrected chi connectivity index (χ4v) is 2.55. The molecule has 0 saturated carbocycles. The van der Waals surface area contributed by atoms with E-state index < -0.39 is 0 Å². The lowest BCUT2D eigenvalue weighted by Crippen LogP contribution is -2.35. The van der Waals surface area contributed by atoms with Crippen molar-refractivity contribution in [3.63, 3.8) is 0 Å². The lowest BCUT2D eigenvalue weighted by atomic mass is 10.1. The van der Waals surface area contributed by atoms with Gasteiger partial charge in [0.1, 0.15) is 17.9 Å². The Hall–Kier alpha value is -2.18. The van der Waals surface area contributed by atoms with Gasteiger partial charge < -0.3 is 15.4 Å². The minimum absolute atomic E-state index is 0. The summed E-state index contributed by atoms with van der Waals surface area (Å²) in [5, 5.41) is 6.00. The first-order valence-electron chi connectivity index (χ1n) is 7.27. The van der Waals surface area contributed by atoms with Gasteiger partial charge in [0.25, 0.3) is 0 Å². The van der Waals surface area contributed by atoms with Gasteiger partial charge in [-0.2, -0.15) is 0 Å². The summed E-state index contributed by atoms with van der Waals surface area (Å²) in [6.07, 6.45) is 3.32. The molecule has 2 heterocycles. The number of ether oxygens (including phenoxy) is 1. The molecule has 23 heavy (non-hydrogen) atoms. The normalized spacial score (nSPS) is 16.5. The lowest BCUT2D eigenvalue weighted by Gasteiger charge is -2.11. The van der Waals surface area contributed by atoms with Crippen LogP contribution in [0.4, 0.5) is 5.82 Å². The van der Waals surface area contributed by atoms with Crippen LogP contribution in [0.2, 0.25) is 0 Å². The Labute approximate surface area is 141 Å². The summed E-state index contributed by atoms with van der Waals surface area (Å²) in [4.78, 5) is 20.5. The summed E-state index contributed by atoms with van der Waals surface area (Å²) in [5.74, 6) is 1.17. The summed E-state index contributed by atoms with van der Waals surface area (Å²) >= 11 is 0. The van der Waals surface area contributed by atoms with Gasteiger partial charge in [-0.1, -0.05) is 12.1 Å². The van der Waals surface area contributed by atoms with Gasteiger partial charge in [-0.25, -0.2) is 9.97 Å². The highest BCUT2D eigenvalue weighted by molar-refractivity contribution is 5.94. The number of hydrogen-bond acceptors (Lipinski definition) is 5. The van der Waals surface area contributed by atoms with E-state index in [4.69, 9.17) is 4.74 Å². The van der Waals surface area contributed by atoms with Crippen LogP contribution < -0.4 is 15.4 Å². The maximum atomic E-state index is 12.1. The predicted octanol–water partition coefficient (Wildman–Crippen LogP) is 2.26. The van der Waals surface area contributed by atoms with Gasteiger partial charge in [0.2, 0.25) is 5.91 Å². The molecule has 1 aromatic heterocycles. The maximum absolute atomic E-state index is 12.1. The molecule has 6 nitrogen and oxygen atoms in total. The van der Waals surface area contributed by atoms with Crippen LogP contribution in [0.25, 0.3) is 11.3 Å². The zero-order valence-corrected chi connectivity index (χ0v) is 13.6. The highest BCUT2D eigenvalue weighted by Gasteiger charge is 2.22. The standard InChI is InChI=1S/C16H18N4O2.ClH/c1-22-14-7-3-2-5-11(14)13-9-15(19-10-18-13)20-16(21)12-6-4-8-17-12;/h2-3,5,7,9-10,12,17H,4,6,8H2,1H3,(H,18,19,20,21);1H/t12-;/m0./s1. The zero-order chi connectivity index (χ0) is 15.4. The van der Waals surface area contributed by atoms with Crippen molar-refractivity contribution < 1.29 is 9.53 Å². The Morgan fingerprint density at radius 2 is 2.17 bits per heavy atom. The molecule has 2 N–H and O–H groups in total. The topological polar surface area (TPSA) is 76.1 Å². The van der Waals surface area contributed by atoms with E-state index in [1.165, 1.54) is 6.33 Å². The quantitative estimate of drug-likeness (QED) is 0.897. The number of methoxy groups -OCH3 is 1. The lowest BCUT2D eigenvalue weighted by molar-refractivity contribution is -0.117. The largest absolute Gasteiger partial charge is 0.496 e. The Balaban J connectivity index is 0.00000192. The molecule has 1 fully saturated rings. The van der Waals surface area contributed by atoms with Gasteiger partial charge in [0, 0.05) is 11.6 Å². The molecule has 2 aromatic rings. The van der Waals surface area contributed by atoms with Crippen molar-refractivity contribution >= 4 is 24.1 Å². The summed E-state index contributed by atoms with van der Waals surface area (Å²) in [6, 6.07) is 9.23. The molecule has 1 aliphatic rings. The van der Waals surface area contributed by atoms with Gasteiger partial charge >= 0.3 is 0 Å². The van der Waals surface area contributed by atoms with E-state index in [2.05, 4.69) is 20.6 Å². The van der Waals surface area contributed by atoms with Crippen molar-refractivity contribution in [1.29, 1.82) is 0 Å². The molecule has 7 heteroatoms. The first-order chi connectivity index (χ1) is 10.8. The minimum atomic E-state index is -0.135. The number of nitrogens with zero attached hydrogens (tertiary/aromatic N) is 2. The van der Waals surface area contributed by atoms with Crippen molar-refractivity contribution in [3.05, 3.63) is 36.7 Å². The van der Waals surface area contributed by atoms with Crippen molar-refractivity contribution in [1.82, 2.24) is 15.3 Å². The number of carbonyl (C=O) groups excluding carboxylic acids is 1. The summed E-state index contributed by atoms with van der Waals surface area (Å²) in [6.45, 7) is 0.883. The summed E-state index contributed by atoms with van der Waals surface area (Å²) < 4.78 is 5.34. The number of nitrogens with one attached hydrogen (secondary N) is 2. The van der Waals surface area contributed by atoms with Crippen LogP contribution in [0.3, 0.4) is 0 Å². The van der Waals surface area contributed by atoms with Crippen LogP contribution in [0.1, 0.15) is 12.8 Å². The molecule has 1 aliphatic heterocycles. The Morgan fingerprint density at radius 3 is 2.91 bits per heavy atom. The molecule has 0 spiro atoms. The molecule has 1 amide bonds. The van der Waals surface area contributed by atoms with Gasteiger partial charge in [-0.15, -0.1) is 12.4 Å². The fraction of sp³-hybridized carbons (Fsp3) is 0.312. The Kier molecular flexibility index (Phi) is 5.90. The number of benzene rings is 1. The van der Waals surface area contributed by atoms with Crippen molar-refractivity contribution in [3.8, 4) is 17.0 Å². The average molecular weight is 335 g/mol. The molecule has 122 valence electrons. The van der Waals surface area contributed by atoms with Gasteiger partial charge in [0.05, 0.1) is 18.8 Å². The molecule has 3 rings (SSSR count). The third kappa shape index (κ3) is 3.97.